The number of rotatable bonds is 11. The SMILES string of the molecule is CCCCCCCCC(=O)O.OC[C@H]1O[C@@H](O[C@H]2[C@H](O)[C@@H](O)C(O)O[C@@H]2CO)[C@H](O)[C@@H](O)[C@H]1O. The maximum Gasteiger partial charge on any atom is 0.303 e. The lowest BCUT2D eigenvalue weighted by Gasteiger charge is -2.45. The summed E-state index contributed by atoms with van der Waals surface area (Å²) in [6.07, 6.45) is -8.32. The largest absolute Gasteiger partial charge is 0.481 e. The molecule has 9 N–H and O–H groups in total. The van der Waals surface area contributed by atoms with Gasteiger partial charge >= 0.3 is 5.97 Å². The lowest BCUT2D eigenvalue weighted by Crippen LogP contribution is -2.64. The highest BCUT2D eigenvalue weighted by Crippen LogP contribution is 2.28. The van der Waals surface area contributed by atoms with Gasteiger partial charge in [0.1, 0.15) is 48.8 Å². The van der Waals surface area contributed by atoms with Gasteiger partial charge in [-0.1, -0.05) is 39.0 Å². The Hall–Kier alpha value is -0.970. The third-order valence-corrected chi connectivity index (χ3v) is 5.72. The number of hydrogen-bond acceptors (Lipinski definition) is 12. The Kier molecular flexibility index (Phi) is 14.5. The molecule has 2 aliphatic heterocycles. The van der Waals surface area contributed by atoms with Crippen molar-refractivity contribution in [3.63, 3.8) is 0 Å². The van der Waals surface area contributed by atoms with Gasteiger partial charge in [-0.25, -0.2) is 0 Å². The van der Waals surface area contributed by atoms with E-state index in [1.165, 1.54) is 25.7 Å². The van der Waals surface area contributed by atoms with Crippen LogP contribution >= 0.6 is 0 Å². The van der Waals surface area contributed by atoms with E-state index in [0.29, 0.717) is 6.42 Å². The smallest absolute Gasteiger partial charge is 0.303 e. The van der Waals surface area contributed by atoms with Crippen molar-refractivity contribution in [2.24, 2.45) is 0 Å². The Balaban J connectivity index is 0.000000445. The van der Waals surface area contributed by atoms with Crippen molar-refractivity contribution in [3.05, 3.63) is 0 Å². The molecule has 2 heterocycles. The molecule has 0 saturated carbocycles. The van der Waals surface area contributed by atoms with Gasteiger partial charge in [-0.3, -0.25) is 4.79 Å². The Morgan fingerprint density at radius 1 is 0.735 bits per heavy atom. The molecule has 0 aromatic rings. The number of aliphatic carboxylic acids is 1. The third-order valence-electron chi connectivity index (χ3n) is 5.72. The molecule has 10 atom stereocenters. The molecule has 1 unspecified atom stereocenters. The molecule has 34 heavy (non-hydrogen) atoms. The molecular formula is C21H40O13. The summed E-state index contributed by atoms with van der Waals surface area (Å²) in [7, 11) is 0. The second-order valence-electron chi connectivity index (χ2n) is 8.44. The van der Waals surface area contributed by atoms with Crippen LogP contribution in [0, 0.1) is 0 Å². The zero-order chi connectivity index (χ0) is 25.8. The minimum absolute atomic E-state index is 0.339. The van der Waals surface area contributed by atoms with Crippen molar-refractivity contribution >= 4 is 5.97 Å². The van der Waals surface area contributed by atoms with Gasteiger partial charge in [0.2, 0.25) is 0 Å². The van der Waals surface area contributed by atoms with Crippen LogP contribution in [0.15, 0.2) is 0 Å². The summed E-state index contributed by atoms with van der Waals surface area (Å²) in [4.78, 5) is 10.1. The Morgan fingerprint density at radius 2 is 1.32 bits per heavy atom. The topological polar surface area (TPSA) is 227 Å². The van der Waals surface area contributed by atoms with Crippen LogP contribution in [0.2, 0.25) is 0 Å². The number of ether oxygens (including phenoxy) is 3. The first-order valence-electron chi connectivity index (χ1n) is 11.6. The first kappa shape index (κ1) is 31.1. The second-order valence-corrected chi connectivity index (χ2v) is 8.44. The van der Waals surface area contributed by atoms with Crippen LogP contribution in [-0.4, -0.2) is 127 Å². The third kappa shape index (κ3) is 9.24. The summed E-state index contributed by atoms with van der Waals surface area (Å²) in [6, 6.07) is 0. The molecule has 2 rings (SSSR count). The fraction of sp³-hybridized carbons (Fsp3) is 0.952. The average Bonchev–Trinajstić information content (AvgIpc) is 2.81. The summed E-state index contributed by atoms with van der Waals surface area (Å²) >= 11 is 0. The number of hydrogen-bond donors (Lipinski definition) is 9. The highest BCUT2D eigenvalue weighted by atomic mass is 16.7. The monoisotopic (exact) mass is 500 g/mol. The minimum Gasteiger partial charge on any atom is -0.481 e. The molecular weight excluding hydrogens is 460 g/mol. The fourth-order valence-corrected chi connectivity index (χ4v) is 3.63. The van der Waals surface area contributed by atoms with Gasteiger partial charge in [0, 0.05) is 6.42 Å². The van der Waals surface area contributed by atoms with E-state index in [4.69, 9.17) is 24.4 Å². The first-order chi connectivity index (χ1) is 16.1. The summed E-state index contributed by atoms with van der Waals surface area (Å²) in [5, 5.41) is 84.8. The number of carboxylic acid groups (broad SMARTS) is 1. The number of aliphatic hydroxyl groups excluding tert-OH is 8. The zero-order valence-electron chi connectivity index (χ0n) is 19.3. The second kappa shape index (κ2) is 15.9. The fourth-order valence-electron chi connectivity index (χ4n) is 3.63. The van der Waals surface area contributed by atoms with Gasteiger partial charge in [-0.05, 0) is 6.42 Å². The van der Waals surface area contributed by atoms with Crippen LogP contribution in [0.25, 0.3) is 0 Å². The molecule has 2 fully saturated rings. The van der Waals surface area contributed by atoms with Crippen LogP contribution in [-0.2, 0) is 19.0 Å². The summed E-state index contributed by atoms with van der Waals surface area (Å²) in [5.74, 6) is -0.666. The molecule has 0 aromatic carbocycles. The van der Waals surface area contributed by atoms with E-state index in [9.17, 15) is 40.5 Å². The standard InChI is InChI=1S/C12H22O11.C9H18O2/c13-1-3-5(15)6(16)9(19)12(22-3)23-10-4(2-14)21-11(20)8(18)7(10)17;1-2-3-4-5-6-7-8-9(10)11/h3-20H,1-2H2;2-8H2,1H3,(H,10,11)/t3-,4-,5+,6+,7-,8-,9-,10-,11?,12+;/m1./s1. The van der Waals surface area contributed by atoms with E-state index >= 15 is 0 Å². The average molecular weight is 501 g/mol. The van der Waals surface area contributed by atoms with E-state index in [2.05, 4.69) is 6.92 Å². The molecule has 0 bridgehead atoms. The van der Waals surface area contributed by atoms with E-state index in [1.807, 2.05) is 0 Å². The Bertz CT molecular complexity index is 561. The molecule has 2 saturated heterocycles. The van der Waals surface area contributed by atoms with Crippen LogP contribution in [0.3, 0.4) is 0 Å². The van der Waals surface area contributed by atoms with Crippen LogP contribution in [0.5, 0.6) is 0 Å². The van der Waals surface area contributed by atoms with E-state index in [1.54, 1.807) is 0 Å². The summed E-state index contributed by atoms with van der Waals surface area (Å²) < 4.78 is 15.3. The Morgan fingerprint density at radius 3 is 1.88 bits per heavy atom. The zero-order valence-corrected chi connectivity index (χ0v) is 19.3. The predicted octanol–water partition coefficient (Wildman–Crippen LogP) is -2.58. The molecule has 2 aliphatic rings. The van der Waals surface area contributed by atoms with Gasteiger partial charge in [0.05, 0.1) is 13.2 Å². The molecule has 13 nitrogen and oxygen atoms in total. The van der Waals surface area contributed by atoms with Gasteiger partial charge in [0.25, 0.3) is 0 Å². The number of carboxylic acids is 1. The first-order valence-corrected chi connectivity index (χ1v) is 11.6. The van der Waals surface area contributed by atoms with Crippen LogP contribution < -0.4 is 0 Å². The van der Waals surface area contributed by atoms with Crippen molar-refractivity contribution in [1.29, 1.82) is 0 Å². The molecule has 0 aromatic heterocycles. The van der Waals surface area contributed by atoms with Crippen molar-refractivity contribution in [2.75, 3.05) is 13.2 Å². The molecule has 13 heteroatoms. The van der Waals surface area contributed by atoms with Crippen molar-refractivity contribution < 1.29 is 65.0 Å². The maximum absolute atomic E-state index is 10.1. The van der Waals surface area contributed by atoms with E-state index in [0.717, 1.165) is 12.8 Å². The van der Waals surface area contributed by atoms with Crippen LogP contribution in [0.4, 0.5) is 0 Å². The number of aliphatic hydroxyl groups is 8. The van der Waals surface area contributed by atoms with Gasteiger partial charge in [0.15, 0.2) is 12.6 Å². The molecule has 0 amide bonds. The van der Waals surface area contributed by atoms with E-state index < -0.39 is 80.6 Å². The molecule has 0 radical (unpaired) electrons. The highest BCUT2D eigenvalue weighted by Gasteiger charge is 2.50. The predicted molar refractivity (Wildman–Crippen MR) is 114 cm³/mol. The number of carbonyl (C=O) groups is 1. The van der Waals surface area contributed by atoms with Gasteiger partial charge in [-0.15, -0.1) is 0 Å². The van der Waals surface area contributed by atoms with Gasteiger partial charge < -0.3 is 60.2 Å². The Labute approximate surface area is 198 Å². The van der Waals surface area contributed by atoms with Crippen LogP contribution in [0.1, 0.15) is 51.9 Å². The summed E-state index contributed by atoms with van der Waals surface area (Å²) in [5.41, 5.74) is 0. The lowest BCUT2D eigenvalue weighted by molar-refractivity contribution is -0.355. The maximum atomic E-state index is 10.1. The molecule has 202 valence electrons. The summed E-state index contributed by atoms with van der Waals surface area (Å²) in [6.45, 7) is 0.833. The number of unbranched alkanes of at least 4 members (excludes halogenated alkanes) is 5. The molecule has 0 aliphatic carbocycles. The molecule has 0 spiro atoms. The lowest BCUT2D eigenvalue weighted by atomic mass is 9.97. The van der Waals surface area contributed by atoms with Gasteiger partial charge in [-0.2, -0.15) is 0 Å². The highest BCUT2D eigenvalue weighted by molar-refractivity contribution is 5.66. The van der Waals surface area contributed by atoms with Crippen molar-refractivity contribution in [2.45, 2.75) is 113 Å². The minimum atomic E-state index is -1.74. The van der Waals surface area contributed by atoms with E-state index in [-0.39, 0.29) is 0 Å². The van der Waals surface area contributed by atoms with Crippen molar-refractivity contribution in [1.82, 2.24) is 0 Å². The normalized spacial score (nSPS) is 38.1. The van der Waals surface area contributed by atoms with Crippen molar-refractivity contribution in [3.8, 4) is 0 Å². The quantitative estimate of drug-likeness (QED) is 0.133.